The quantitative estimate of drug-likeness (QED) is 0.791. The van der Waals surface area contributed by atoms with E-state index in [9.17, 15) is 8.42 Å². The van der Waals surface area contributed by atoms with Crippen molar-refractivity contribution in [1.82, 2.24) is 10.0 Å². The molecule has 4 nitrogen and oxygen atoms in total. The van der Waals surface area contributed by atoms with Crippen LogP contribution in [-0.4, -0.2) is 33.3 Å². The fourth-order valence-electron chi connectivity index (χ4n) is 3.66. The second-order valence-electron chi connectivity index (χ2n) is 6.62. The zero-order chi connectivity index (χ0) is 14.4. The molecule has 1 saturated heterocycles. The Morgan fingerprint density at radius 1 is 1.10 bits per heavy atom. The highest BCUT2D eigenvalue weighted by Crippen LogP contribution is 2.28. The van der Waals surface area contributed by atoms with Crippen LogP contribution in [0.3, 0.4) is 0 Å². The average Bonchev–Trinajstić information content (AvgIpc) is 2.41. The highest BCUT2D eigenvalue weighted by atomic mass is 32.2. The van der Waals surface area contributed by atoms with Gasteiger partial charge in [-0.2, -0.15) is 0 Å². The molecule has 1 aliphatic carbocycles. The van der Waals surface area contributed by atoms with Crippen LogP contribution in [0.25, 0.3) is 0 Å². The number of piperidine rings is 1. The van der Waals surface area contributed by atoms with Crippen LogP contribution in [0, 0.1) is 11.8 Å². The van der Waals surface area contributed by atoms with Crippen LogP contribution in [0.5, 0.6) is 0 Å². The lowest BCUT2D eigenvalue weighted by atomic mass is 9.84. The summed E-state index contributed by atoms with van der Waals surface area (Å²) in [6, 6.07) is 0.185. The summed E-state index contributed by atoms with van der Waals surface area (Å²) in [5.74, 6) is 1.41. The third-order valence-corrected chi connectivity index (χ3v) is 6.35. The van der Waals surface area contributed by atoms with Gasteiger partial charge in [-0.05, 0) is 63.5 Å². The van der Waals surface area contributed by atoms with E-state index in [0.717, 1.165) is 44.7 Å². The van der Waals surface area contributed by atoms with Crippen molar-refractivity contribution in [2.24, 2.45) is 11.8 Å². The van der Waals surface area contributed by atoms with Gasteiger partial charge in [-0.3, -0.25) is 0 Å². The first kappa shape index (κ1) is 16.2. The minimum atomic E-state index is -3.10. The van der Waals surface area contributed by atoms with Crippen LogP contribution < -0.4 is 10.0 Å². The second kappa shape index (κ2) is 7.76. The summed E-state index contributed by atoms with van der Waals surface area (Å²) in [4.78, 5) is 0. The number of rotatable bonds is 6. The summed E-state index contributed by atoms with van der Waals surface area (Å²) in [5, 5.41) is 3.29. The van der Waals surface area contributed by atoms with Crippen molar-refractivity contribution < 1.29 is 8.42 Å². The van der Waals surface area contributed by atoms with Gasteiger partial charge in [0.2, 0.25) is 10.0 Å². The molecule has 0 radical (unpaired) electrons. The fraction of sp³-hybridized carbons (Fsp3) is 1.00. The summed E-state index contributed by atoms with van der Waals surface area (Å²) < 4.78 is 27.4. The molecule has 5 heteroatoms. The molecule has 0 spiro atoms. The average molecular weight is 302 g/mol. The van der Waals surface area contributed by atoms with Crippen LogP contribution in [0.2, 0.25) is 0 Å². The number of hydrogen-bond donors (Lipinski definition) is 2. The highest BCUT2D eigenvalue weighted by Gasteiger charge is 2.26. The van der Waals surface area contributed by atoms with Crippen molar-refractivity contribution in [1.29, 1.82) is 0 Å². The molecule has 1 heterocycles. The maximum atomic E-state index is 12.2. The monoisotopic (exact) mass is 302 g/mol. The van der Waals surface area contributed by atoms with Crippen molar-refractivity contribution in [3.8, 4) is 0 Å². The highest BCUT2D eigenvalue weighted by molar-refractivity contribution is 7.89. The van der Waals surface area contributed by atoms with E-state index in [2.05, 4.69) is 17.0 Å². The predicted molar refractivity (Wildman–Crippen MR) is 83.2 cm³/mol. The summed E-state index contributed by atoms with van der Waals surface area (Å²) in [6.45, 7) is 4.11. The molecule has 1 atom stereocenters. The van der Waals surface area contributed by atoms with E-state index in [0.29, 0.717) is 5.75 Å². The number of hydrogen-bond acceptors (Lipinski definition) is 3. The summed E-state index contributed by atoms with van der Waals surface area (Å²) in [6.07, 6.45) is 9.10. The Morgan fingerprint density at radius 2 is 1.85 bits per heavy atom. The third kappa shape index (κ3) is 5.34. The maximum Gasteiger partial charge on any atom is 0.212 e. The maximum absolute atomic E-state index is 12.2. The molecule has 1 aliphatic heterocycles. The van der Waals surface area contributed by atoms with Gasteiger partial charge in [0, 0.05) is 6.04 Å². The Balaban J connectivity index is 1.74. The lowest BCUT2D eigenvalue weighted by molar-refractivity contribution is 0.296. The van der Waals surface area contributed by atoms with Gasteiger partial charge >= 0.3 is 0 Å². The molecule has 1 saturated carbocycles. The lowest BCUT2D eigenvalue weighted by Crippen LogP contribution is -2.42. The van der Waals surface area contributed by atoms with E-state index in [1.54, 1.807) is 0 Å². The first-order valence-corrected chi connectivity index (χ1v) is 9.95. The molecule has 1 unspecified atom stereocenters. The third-order valence-electron chi connectivity index (χ3n) is 4.74. The minimum Gasteiger partial charge on any atom is -0.316 e. The molecule has 20 heavy (non-hydrogen) atoms. The summed E-state index contributed by atoms with van der Waals surface area (Å²) in [5.41, 5.74) is 0. The Labute approximate surface area is 124 Å². The summed E-state index contributed by atoms with van der Waals surface area (Å²) >= 11 is 0. The molecule has 0 aromatic heterocycles. The van der Waals surface area contributed by atoms with Gasteiger partial charge in [-0.15, -0.1) is 0 Å². The van der Waals surface area contributed by atoms with E-state index in [1.165, 1.54) is 25.7 Å². The van der Waals surface area contributed by atoms with Crippen molar-refractivity contribution in [3.63, 3.8) is 0 Å². The number of nitrogens with one attached hydrogen (secondary N) is 2. The van der Waals surface area contributed by atoms with Gasteiger partial charge in [0.1, 0.15) is 0 Å². The second-order valence-corrected chi connectivity index (χ2v) is 8.42. The van der Waals surface area contributed by atoms with Crippen molar-refractivity contribution >= 4 is 10.0 Å². The standard InChI is InChI=1S/C15H30N2O2S/c1-2-4-13-6-8-15(9-7-13)17-20(18,19)12-14-5-3-10-16-11-14/h13-17H,2-12H2,1H3. The SMILES string of the molecule is CCCC1CCC(NS(=O)(=O)CC2CCCNC2)CC1. The lowest BCUT2D eigenvalue weighted by Gasteiger charge is -2.29. The Morgan fingerprint density at radius 3 is 2.45 bits per heavy atom. The van der Waals surface area contributed by atoms with Gasteiger partial charge in [-0.25, -0.2) is 13.1 Å². The van der Waals surface area contributed by atoms with Crippen molar-refractivity contribution in [2.45, 2.75) is 64.3 Å². The molecule has 2 aliphatic rings. The van der Waals surface area contributed by atoms with Crippen LogP contribution in [0.1, 0.15) is 58.3 Å². The molecule has 0 aromatic carbocycles. The van der Waals surface area contributed by atoms with E-state index in [1.807, 2.05) is 0 Å². The van der Waals surface area contributed by atoms with Crippen LogP contribution in [0.4, 0.5) is 0 Å². The molecular formula is C15H30N2O2S. The molecule has 2 N–H and O–H groups in total. The fourth-order valence-corrected chi connectivity index (χ4v) is 5.40. The van der Waals surface area contributed by atoms with E-state index in [-0.39, 0.29) is 12.0 Å². The topological polar surface area (TPSA) is 58.2 Å². The van der Waals surface area contributed by atoms with E-state index in [4.69, 9.17) is 0 Å². The first-order chi connectivity index (χ1) is 9.59. The molecule has 0 amide bonds. The van der Waals surface area contributed by atoms with Gasteiger partial charge < -0.3 is 5.32 Å². The predicted octanol–water partition coefficient (Wildman–Crippen LogP) is 2.26. The van der Waals surface area contributed by atoms with E-state index >= 15 is 0 Å². The Hall–Kier alpha value is -0.130. The number of sulfonamides is 1. The van der Waals surface area contributed by atoms with Crippen LogP contribution in [-0.2, 0) is 10.0 Å². The Bertz CT molecular complexity index is 369. The largest absolute Gasteiger partial charge is 0.316 e. The zero-order valence-electron chi connectivity index (χ0n) is 12.7. The van der Waals surface area contributed by atoms with Crippen LogP contribution in [0.15, 0.2) is 0 Å². The summed E-state index contributed by atoms with van der Waals surface area (Å²) in [7, 11) is -3.10. The minimum absolute atomic E-state index is 0.185. The van der Waals surface area contributed by atoms with Crippen LogP contribution >= 0.6 is 0 Å². The van der Waals surface area contributed by atoms with Crippen molar-refractivity contribution in [3.05, 3.63) is 0 Å². The smallest absolute Gasteiger partial charge is 0.212 e. The van der Waals surface area contributed by atoms with E-state index < -0.39 is 10.0 Å². The molecule has 118 valence electrons. The van der Waals surface area contributed by atoms with Gasteiger partial charge in [0.25, 0.3) is 0 Å². The van der Waals surface area contributed by atoms with Crippen molar-refractivity contribution in [2.75, 3.05) is 18.8 Å². The first-order valence-electron chi connectivity index (χ1n) is 8.30. The molecular weight excluding hydrogens is 272 g/mol. The van der Waals surface area contributed by atoms with Gasteiger partial charge in [-0.1, -0.05) is 19.8 Å². The molecule has 0 bridgehead atoms. The van der Waals surface area contributed by atoms with Gasteiger partial charge in [0.15, 0.2) is 0 Å². The molecule has 0 aromatic rings. The molecule has 2 fully saturated rings. The zero-order valence-corrected chi connectivity index (χ0v) is 13.6. The molecule has 2 rings (SSSR count). The van der Waals surface area contributed by atoms with Gasteiger partial charge in [0.05, 0.1) is 5.75 Å². The normalized spacial score (nSPS) is 32.1. The Kier molecular flexibility index (Phi) is 6.30.